The number of nitrogens with one attached hydrogen (secondary N) is 1. The largest absolute Gasteiger partial charge is 0.465 e. The summed E-state index contributed by atoms with van der Waals surface area (Å²) in [5, 5.41) is 8.56. The van der Waals surface area contributed by atoms with Crippen LogP contribution < -0.4 is 16.8 Å². The Morgan fingerprint density at radius 1 is 1.18 bits per heavy atom. The molecule has 202 valence electrons. The third-order valence-electron chi connectivity index (χ3n) is 7.14. The first-order chi connectivity index (χ1) is 18.7. The minimum Gasteiger partial charge on any atom is -0.465 e. The van der Waals surface area contributed by atoms with E-state index in [4.69, 9.17) is 27.8 Å². The van der Waals surface area contributed by atoms with Crippen LogP contribution in [0, 0.1) is 12.7 Å². The molecule has 10 heteroatoms. The number of fused-ring (bicyclic) bond motifs is 1. The summed E-state index contributed by atoms with van der Waals surface area (Å²) in [7, 11) is 1.36. The molecule has 1 aliphatic rings. The number of aromatic nitrogens is 2. The standard InChI is InChI=1S/C29H30ClFN6O2/c1-16-11-17(29(38)39-2)3-9-22(16)18-12-26-27(35-21-7-5-20(32)6-8-21)23(14-34-37(26)15-18)28(33)36-25-13-19(31)4-10-24(25)30/h3-4,9-15,20-21,35H,5-8,32H2,1-2H3,(H2,33,36)/t20-,21-. The minimum absolute atomic E-state index is 0.161. The number of hydrogen-bond donors (Lipinski definition) is 3. The minimum atomic E-state index is -0.457. The molecule has 0 amide bonds. The highest BCUT2D eigenvalue weighted by atomic mass is 35.5. The van der Waals surface area contributed by atoms with Crippen molar-refractivity contribution in [3.8, 4) is 11.1 Å². The van der Waals surface area contributed by atoms with E-state index in [1.54, 1.807) is 22.8 Å². The molecular weight excluding hydrogens is 519 g/mol. The van der Waals surface area contributed by atoms with Gasteiger partial charge in [-0.3, -0.25) is 0 Å². The van der Waals surface area contributed by atoms with Crippen LogP contribution in [0.25, 0.3) is 16.6 Å². The third kappa shape index (κ3) is 5.60. The number of aliphatic imine (C=N–C) groups is 1. The lowest BCUT2D eigenvalue weighted by Gasteiger charge is -2.28. The highest BCUT2D eigenvalue weighted by Crippen LogP contribution is 2.33. The number of hydrogen-bond acceptors (Lipinski definition) is 6. The van der Waals surface area contributed by atoms with Crippen molar-refractivity contribution in [2.75, 3.05) is 12.4 Å². The summed E-state index contributed by atoms with van der Waals surface area (Å²) >= 11 is 6.25. The smallest absolute Gasteiger partial charge is 0.337 e. The van der Waals surface area contributed by atoms with Crippen molar-refractivity contribution in [2.24, 2.45) is 16.5 Å². The number of esters is 1. The zero-order chi connectivity index (χ0) is 27.7. The maximum Gasteiger partial charge on any atom is 0.337 e. The van der Waals surface area contributed by atoms with Crippen molar-refractivity contribution in [1.82, 2.24) is 9.61 Å². The summed E-state index contributed by atoms with van der Waals surface area (Å²) in [6.07, 6.45) is 7.27. The quantitative estimate of drug-likeness (QED) is 0.164. The van der Waals surface area contributed by atoms with Crippen LogP contribution in [0.3, 0.4) is 0 Å². The van der Waals surface area contributed by atoms with Gasteiger partial charge in [0.15, 0.2) is 0 Å². The van der Waals surface area contributed by atoms with Gasteiger partial charge in [0.05, 0.1) is 46.3 Å². The van der Waals surface area contributed by atoms with Crippen LogP contribution in [0.15, 0.2) is 59.9 Å². The van der Waals surface area contributed by atoms with Crippen LogP contribution in [0.2, 0.25) is 5.02 Å². The van der Waals surface area contributed by atoms with E-state index < -0.39 is 5.82 Å². The lowest BCUT2D eigenvalue weighted by Crippen LogP contribution is -2.33. The van der Waals surface area contributed by atoms with E-state index in [9.17, 15) is 9.18 Å². The van der Waals surface area contributed by atoms with Crippen molar-refractivity contribution < 1.29 is 13.9 Å². The number of nitrogens with zero attached hydrogens (tertiary/aromatic N) is 3. The van der Waals surface area contributed by atoms with Gasteiger partial charge in [-0.15, -0.1) is 0 Å². The third-order valence-corrected chi connectivity index (χ3v) is 7.46. The van der Waals surface area contributed by atoms with Crippen molar-refractivity contribution >= 4 is 40.3 Å². The molecule has 1 aliphatic carbocycles. The van der Waals surface area contributed by atoms with Gasteiger partial charge in [0.2, 0.25) is 0 Å². The van der Waals surface area contributed by atoms with Crippen LogP contribution in [-0.2, 0) is 4.74 Å². The van der Waals surface area contributed by atoms with Gasteiger partial charge in [-0.1, -0.05) is 17.7 Å². The predicted molar refractivity (Wildman–Crippen MR) is 152 cm³/mol. The van der Waals surface area contributed by atoms with Gasteiger partial charge in [-0.2, -0.15) is 5.10 Å². The number of rotatable bonds is 6. The number of methoxy groups -OCH3 is 1. The number of halogens is 2. The molecule has 5 rings (SSSR count). The van der Waals surface area contributed by atoms with E-state index in [0.717, 1.165) is 53.6 Å². The highest BCUT2D eigenvalue weighted by Gasteiger charge is 2.23. The van der Waals surface area contributed by atoms with Crippen LogP contribution >= 0.6 is 11.6 Å². The van der Waals surface area contributed by atoms with Gasteiger partial charge in [0.1, 0.15) is 11.7 Å². The second kappa shape index (κ2) is 11.0. The lowest BCUT2D eigenvalue weighted by atomic mass is 9.91. The number of ether oxygens (including phenoxy) is 1. The molecule has 8 nitrogen and oxygen atoms in total. The van der Waals surface area contributed by atoms with Crippen molar-refractivity contribution in [2.45, 2.75) is 44.7 Å². The Bertz CT molecular complexity index is 1580. The Hall–Kier alpha value is -3.95. The Kier molecular flexibility index (Phi) is 7.54. The SMILES string of the molecule is COC(=O)c1ccc(-c2cc3c(N[C@H]4CC[C@H](N)CC4)c(/C(N)=N/c4cc(F)ccc4Cl)cnn3c2)c(C)c1. The summed E-state index contributed by atoms with van der Waals surface area (Å²) in [6, 6.07) is 11.8. The fourth-order valence-corrected chi connectivity index (χ4v) is 5.17. The summed E-state index contributed by atoms with van der Waals surface area (Å²) in [4.78, 5) is 16.4. The lowest BCUT2D eigenvalue weighted by molar-refractivity contribution is 0.0600. The summed E-state index contributed by atoms with van der Waals surface area (Å²) in [6.45, 7) is 1.95. The Balaban J connectivity index is 1.60. The van der Waals surface area contributed by atoms with Crippen molar-refractivity contribution in [3.05, 3.63) is 82.4 Å². The topological polar surface area (TPSA) is 120 Å². The molecule has 5 N–H and O–H groups in total. The molecule has 2 heterocycles. The summed E-state index contributed by atoms with van der Waals surface area (Å²) in [5.74, 6) is -0.681. The van der Waals surface area contributed by atoms with Gasteiger partial charge in [-0.25, -0.2) is 18.7 Å². The number of aryl methyl sites for hydroxylation is 1. The van der Waals surface area contributed by atoms with Gasteiger partial charge in [0.25, 0.3) is 0 Å². The monoisotopic (exact) mass is 548 g/mol. The van der Waals surface area contributed by atoms with Crippen LogP contribution in [-0.4, -0.2) is 40.6 Å². The number of benzene rings is 2. The van der Waals surface area contributed by atoms with Crippen LogP contribution in [0.5, 0.6) is 0 Å². The molecule has 0 bridgehead atoms. The Labute approximate surface area is 230 Å². The van der Waals surface area contributed by atoms with Gasteiger partial charge in [0, 0.05) is 29.9 Å². The average molecular weight is 549 g/mol. The zero-order valence-electron chi connectivity index (χ0n) is 21.7. The van der Waals surface area contributed by atoms with Crippen LogP contribution in [0.4, 0.5) is 15.8 Å². The molecule has 0 saturated heterocycles. The van der Waals surface area contributed by atoms with Gasteiger partial charge < -0.3 is 21.5 Å². The van der Waals surface area contributed by atoms with Crippen molar-refractivity contribution in [3.63, 3.8) is 0 Å². The van der Waals surface area contributed by atoms with E-state index >= 15 is 0 Å². The maximum absolute atomic E-state index is 13.9. The molecule has 0 radical (unpaired) electrons. The van der Waals surface area contributed by atoms with Crippen molar-refractivity contribution in [1.29, 1.82) is 0 Å². The van der Waals surface area contributed by atoms with E-state index in [1.165, 1.54) is 25.3 Å². The maximum atomic E-state index is 13.9. The molecule has 0 unspecified atom stereocenters. The van der Waals surface area contributed by atoms with Gasteiger partial charge in [-0.05, 0) is 74.1 Å². The highest BCUT2D eigenvalue weighted by molar-refractivity contribution is 6.33. The molecule has 1 saturated carbocycles. The average Bonchev–Trinajstić information content (AvgIpc) is 3.36. The van der Waals surface area contributed by atoms with Crippen LogP contribution in [0.1, 0.15) is 47.2 Å². The van der Waals surface area contributed by atoms with E-state index in [-0.39, 0.29) is 29.6 Å². The fourth-order valence-electron chi connectivity index (χ4n) is 5.01. The normalized spacial score (nSPS) is 17.8. The van der Waals surface area contributed by atoms with E-state index in [2.05, 4.69) is 15.4 Å². The number of carbonyl (C=O) groups excluding carboxylic acids is 1. The van der Waals surface area contributed by atoms with Gasteiger partial charge >= 0.3 is 5.97 Å². The number of carbonyl (C=O) groups is 1. The Morgan fingerprint density at radius 2 is 1.95 bits per heavy atom. The molecule has 2 aromatic carbocycles. The summed E-state index contributed by atoms with van der Waals surface area (Å²) in [5.41, 5.74) is 18.3. The molecule has 1 fully saturated rings. The molecule has 0 atom stereocenters. The molecule has 4 aromatic rings. The first kappa shape index (κ1) is 26.6. The number of amidine groups is 1. The number of anilines is 1. The zero-order valence-corrected chi connectivity index (χ0v) is 22.5. The van der Waals surface area contributed by atoms with E-state index in [1.807, 2.05) is 25.3 Å². The first-order valence-electron chi connectivity index (χ1n) is 12.8. The molecule has 0 aliphatic heterocycles. The fraction of sp³-hybridized carbons (Fsp3) is 0.276. The van der Waals surface area contributed by atoms with E-state index in [0.29, 0.717) is 16.1 Å². The first-order valence-corrected chi connectivity index (χ1v) is 13.1. The molecule has 39 heavy (non-hydrogen) atoms. The predicted octanol–water partition coefficient (Wildman–Crippen LogP) is 5.61. The number of nitrogens with two attached hydrogens (primary N) is 2. The molecule has 2 aromatic heterocycles. The molecular formula is C29H30ClFN6O2. The second-order valence-corrected chi connectivity index (χ2v) is 10.3. The Morgan fingerprint density at radius 3 is 2.67 bits per heavy atom. The summed E-state index contributed by atoms with van der Waals surface area (Å²) < 4.78 is 20.5. The molecule has 0 spiro atoms. The second-order valence-electron chi connectivity index (χ2n) is 9.86.